The molecule has 2 fully saturated rings. The molecule has 0 radical (unpaired) electrons. The molecule has 6 nitrogen and oxygen atoms in total. The van der Waals surface area contributed by atoms with Crippen molar-refractivity contribution in [2.45, 2.75) is 38.8 Å². The smallest absolute Gasteiger partial charge is 0.312 e. The van der Waals surface area contributed by atoms with Gasteiger partial charge in [-0.25, -0.2) is 9.78 Å². The zero-order valence-corrected chi connectivity index (χ0v) is 18.1. The number of imide groups is 1. The lowest BCUT2D eigenvalue weighted by atomic mass is 9.86. The van der Waals surface area contributed by atoms with Crippen molar-refractivity contribution in [2.75, 3.05) is 26.7 Å². The first-order valence-electron chi connectivity index (χ1n) is 10.2. The fourth-order valence-corrected chi connectivity index (χ4v) is 5.16. The molecule has 0 unspecified atom stereocenters. The second-order valence-corrected chi connectivity index (χ2v) is 9.39. The molecule has 1 spiro atoms. The molecule has 3 heterocycles. The standard InChI is InChI=1S/C22H28N4O2S/c1-16(2)13-26-20(27)22(24(3)21(26)28)9-11-25(12-10-22)14-19-23-18(15-29-19)17-7-5-4-6-8-17/h4-8,15-16H,9-14H2,1-3H3. The van der Waals surface area contributed by atoms with Crippen LogP contribution in [-0.2, 0) is 11.3 Å². The number of carbonyl (C=O) groups excluding carboxylic acids is 2. The van der Waals surface area contributed by atoms with Crippen molar-refractivity contribution in [3.63, 3.8) is 0 Å². The summed E-state index contributed by atoms with van der Waals surface area (Å²) in [6.45, 7) is 6.93. The van der Waals surface area contributed by atoms with Crippen molar-refractivity contribution in [2.24, 2.45) is 5.92 Å². The summed E-state index contributed by atoms with van der Waals surface area (Å²) in [6.07, 6.45) is 1.36. The first-order chi connectivity index (χ1) is 13.9. The van der Waals surface area contributed by atoms with Crippen molar-refractivity contribution in [3.8, 4) is 11.3 Å². The Morgan fingerprint density at radius 3 is 2.48 bits per heavy atom. The molecular weight excluding hydrogens is 384 g/mol. The molecule has 0 atom stereocenters. The summed E-state index contributed by atoms with van der Waals surface area (Å²) >= 11 is 1.68. The number of thiazole rings is 1. The van der Waals surface area contributed by atoms with E-state index >= 15 is 0 Å². The second kappa shape index (κ2) is 7.88. The van der Waals surface area contributed by atoms with Crippen LogP contribution >= 0.6 is 11.3 Å². The predicted octanol–water partition coefficient (Wildman–Crippen LogP) is 3.69. The minimum Gasteiger partial charge on any atom is -0.312 e. The Morgan fingerprint density at radius 2 is 1.83 bits per heavy atom. The van der Waals surface area contributed by atoms with Gasteiger partial charge in [-0.2, -0.15) is 0 Å². The molecule has 1 aromatic carbocycles. The maximum Gasteiger partial charge on any atom is 0.327 e. The third-order valence-corrected chi connectivity index (χ3v) is 6.85. The van der Waals surface area contributed by atoms with Crippen LogP contribution in [0.25, 0.3) is 11.3 Å². The normalized spacial score (nSPS) is 19.7. The number of aromatic nitrogens is 1. The zero-order valence-electron chi connectivity index (χ0n) is 17.3. The van der Waals surface area contributed by atoms with Crippen LogP contribution in [0.4, 0.5) is 4.79 Å². The predicted molar refractivity (Wildman–Crippen MR) is 115 cm³/mol. The lowest BCUT2D eigenvalue weighted by Crippen LogP contribution is -2.55. The summed E-state index contributed by atoms with van der Waals surface area (Å²) in [5, 5.41) is 3.19. The highest BCUT2D eigenvalue weighted by Crippen LogP contribution is 2.37. The number of hydrogen-bond donors (Lipinski definition) is 0. The van der Waals surface area contributed by atoms with Crippen molar-refractivity contribution in [1.82, 2.24) is 19.7 Å². The molecule has 2 aliphatic rings. The third-order valence-electron chi connectivity index (χ3n) is 6.01. The summed E-state index contributed by atoms with van der Waals surface area (Å²) in [5.41, 5.74) is 1.48. The van der Waals surface area contributed by atoms with Crippen molar-refractivity contribution >= 4 is 23.3 Å². The fourth-order valence-electron chi connectivity index (χ4n) is 4.32. The van der Waals surface area contributed by atoms with Crippen LogP contribution in [0, 0.1) is 5.92 Å². The number of urea groups is 1. The van der Waals surface area contributed by atoms with E-state index in [0.29, 0.717) is 19.4 Å². The molecule has 0 saturated carbocycles. The van der Waals surface area contributed by atoms with Crippen LogP contribution in [0.5, 0.6) is 0 Å². The molecule has 0 aliphatic carbocycles. The number of piperidine rings is 1. The Kier molecular flexibility index (Phi) is 5.44. The average Bonchev–Trinajstić information content (AvgIpc) is 3.25. The van der Waals surface area contributed by atoms with Gasteiger partial charge in [-0.1, -0.05) is 44.2 Å². The number of likely N-dealkylation sites (tertiary alicyclic amines) is 1. The maximum atomic E-state index is 13.1. The molecule has 0 N–H and O–H groups in total. The van der Waals surface area contributed by atoms with Gasteiger partial charge in [0.25, 0.3) is 5.91 Å². The Balaban J connectivity index is 1.40. The Labute approximate surface area is 176 Å². The van der Waals surface area contributed by atoms with Gasteiger partial charge in [-0.15, -0.1) is 11.3 Å². The van der Waals surface area contributed by atoms with Gasteiger partial charge in [0.2, 0.25) is 0 Å². The largest absolute Gasteiger partial charge is 0.327 e. The SMILES string of the molecule is CC(C)CN1C(=O)N(C)C2(CCN(Cc3nc(-c4ccccc4)cs3)CC2)C1=O. The lowest BCUT2D eigenvalue weighted by Gasteiger charge is -2.40. The zero-order chi connectivity index (χ0) is 20.6. The number of likely N-dealkylation sites (N-methyl/N-ethyl adjacent to an activating group) is 1. The van der Waals surface area contributed by atoms with Crippen LogP contribution in [0.2, 0.25) is 0 Å². The number of carbonyl (C=O) groups is 2. The molecule has 2 saturated heterocycles. The second-order valence-electron chi connectivity index (χ2n) is 8.45. The topological polar surface area (TPSA) is 56.8 Å². The summed E-state index contributed by atoms with van der Waals surface area (Å²) in [4.78, 5) is 36.0. The number of benzene rings is 1. The van der Waals surface area contributed by atoms with Gasteiger partial charge in [0.05, 0.1) is 12.2 Å². The van der Waals surface area contributed by atoms with E-state index in [1.165, 1.54) is 4.90 Å². The first kappa shape index (κ1) is 20.0. The van der Waals surface area contributed by atoms with E-state index in [1.54, 1.807) is 23.3 Å². The van der Waals surface area contributed by atoms with Gasteiger partial charge in [0.15, 0.2) is 0 Å². The fraction of sp³-hybridized carbons (Fsp3) is 0.500. The Hall–Kier alpha value is -2.25. The van der Waals surface area contributed by atoms with Gasteiger partial charge in [-0.05, 0) is 18.8 Å². The molecule has 29 heavy (non-hydrogen) atoms. The average molecular weight is 413 g/mol. The highest BCUT2D eigenvalue weighted by Gasteiger charge is 2.56. The van der Waals surface area contributed by atoms with Gasteiger partial charge in [0, 0.05) is 37.6 Å². The lowest BCUT2D eigenvalue weighted by molar-refractivity contribution is -0.135. The van der Waals surface area contributed by atoms with Gasteiger partial charge < -0.3 is 4.90 Å². The van der Waals surface area contributed by atoms with Crippen molar-refractivity contribution in [1.29, 1.82) is 0 Å². The van der Waals surface area contributed by atoms with Gasteiger partial charge in [0.1, 0.15) is 10.5 Å². The van der Waals surface area contributed by atoms with E-state index in [-0.39, 0.29) is 17.9 Å². The van der Waals surface area contributed by atoms with E-state index in [2.05, 4.69) is 22.4 Å². The van der Waals surface area contributed by atoms with Crippen LogP contribution < -0.4 is 0 Å². The van der Waals surface area contributed by atoms with Crippen LogP contribution in [0.3, 0.4) is 0 Å². The number of nitrogens with zero attached hydrogens (tertiary/aromatic N) is 4. The maximum absolute atomic E-state index is 13.1. The number of rotatable bonds is 5. The highest BCUT2D eigenvalue weighted by molar-refractivity contribution is 7.09. The molecular formula is C22H28N4O2S. The van der Waals surface area contributed by atoms with Crippen LogP contribution in [-0.4, -0.2) is 63.8 Å². The van der Waals surface area contributed by atoms with Crippen LogP contribution in [0.1, 0.15) is 31.7 Å². The first-order valence-corrected chi connectivity index (χ1v) is 11.1. The molecule has 0 bridgehead atoms. The molecule has 4 rings (SSSR count). The quantitative estimate of drug-likeness (QED) is 0.703. The van der Waals surface area contributed by atoms with Crippen LogP contribution in [0.15, 0.2) is 35.7 Å². The van der Waals surface area contributed by atoms with Crippen molar-refractivity contribution in [3.05, 3.63) is 40.7 Å². The summed E-state index contributed by atoms with van der Waals surface area (Å²) < 4.78 is 0. The molecule has 7 heteroatoms. The summed E-state index contributed by atoms with van der Waals surface area (Å²) in [6, 6.07) is 10.1. The van der Waals surface area contributed by atoms with E-state index in [4.69, 9.17) is 4.98 Å². The Bertz CT molecular complexity index is 887. The van der Waals surface area contributed by atoms with Gasteiger partial charge >= 0.3 is 6.03 Å². The molecule has 3 amide bonds. The third kappa shape index (κ3) is 3.69. The Morgan fingerprint density at radius 1 is 1.14 bits per heavy atom. The van der Waals surface area contributed by atoms with E-state index in [1.807, 2.05) is 32.0 Å². The minimum atomic E-state index is -0.666. The number of hydrogen-bond acceptors (Lipinski definition) is 5. The molecule has 2 aliphatic heterocycles. The minimum absolute atomic E-state index is 0.0148. The van der Waals surface area contributed by atoms with Crippen molar-refractivity contribution < 1.29 is 9.59 Å². The monoisotopic (exact) mass is 412 g/mol. The molecule has 154 valence electrons. The van der Waals surface area contributed by atoms with Gasteiger partial charge in [-0.3, -0.25) is 14.6 Å². The summed E-state index contributed by atoms with van der Waals surface area (Å²) in [5.74, 6) is 0.259. The van der Waals surface area contributed by atoms with E-state index in [0.717, 1.165) is 35.9 Å². The summed E-state index contributed by atoms with van der Waals surface area (Å²) in [7, 11) is 1.78. The highest BCUT2D eigenvalue weighted by atomic mass is 32.1. The number of amides is 3. The molecule has 1 aromatic heterocycles. The van der Waals surface area contributed by atoms with E-state index < -0.39 is 5.54 Å². The molecule has 2 aromatic rings. The van der Waals surface area contributed by atoms with E-state index in [9.17, 15) is 9.59 Å².